The molecule has 1 aromatic rings. The molecule has 0 spiro atoms. The highest BCUT2D eigenvalue weighted by molar-refractivity contribution is 5.98. The summed E-state index contributed by atoms with van der Waals surface area (Å²) in [5.41, 5.74) is 5.89. The van der Waals surface area contributed by atoms with Crippen LogP contribution in [0.25, 0.3) is 0 Å². The molecule has 0 saturated heterocycles. The molecule has 5 unspecified atom stereocenters. The third-order valence-electron chi connectivity index (χ3n) is 6.45. The third-order valence-corrected chi connectivity index (χ3v) is 6.45. The number of amides is 1. The standard InChI is InChI=1S/C21H28N2O5/c1-5-27-18(25)16-15-13(17(24)23-14-10-8-7-9-12(14)3)11-21(22,20(15,16)4)19(26)28-6-2/h7-10,13,15-16H,5-6,11,22H2,1-4H3,(H,23,24). The van der Waals surface area contributed by atoms with Crippen molar-refractivity contribution in [3.05, 3.63) is 29.8 Å². The molecule has 3 N–H and O–H groups in total. The van der Waals surface area contributed by atoms with Gasteiger partial charge in [-0.15, -0.1) is 0 Å². The zero-order valence-corrected chi connectivity index (χ0v) is 16.8. The molecular weight excluding hydrogens is 360 g/mol. The van der Waals surface area contributed by atoms with Crippen molar-refractivity contribution in [3.8, 4) is 0 Å². The second kappa shape index (κ2) is 7.20. The van der Waals surface area contributed by atoms with E-state index in [9.17, 15) is 14.4 Å². The number of aryl methyl sites for hydroxylation is 1. The van der Waals surface area contributed by atoms with Gasteiger partial charge in [0, 0.05) is 17.0 Å². The van der Waals surface area contributed by atoms with Crippen molar-refractivity contribution in [3.63, 3.8) is 0 Å². The number of anilines is 1. The first-order valence-corrected chi connectivity index (χ1v) is 9.71. The molecule has 1 amide bonds. The van der Waals surface area contributed by atoms with Gasteiger partial charge in [0.25, 0.3) is 0 Å². The average molecular weight is 388 g/mol. The minimum Gasteiger partial charge on any atom is -0.466 e. The second-order valence-corrected chi connectivity index (χ2v) is 7.84. The maximum absolute atomic E-state index is 13.1. The van der Waals surface area contributed by atoms with Gasteiger partial charge in [0.05, 0.1) is 19.1 Å². The molecule has 2 fully saturated rings. The first kappa shape index (κ1) is 20.3. The van der Waals surface area contributed by atoms with Crippen molar-refractivity contribution in [1.82, 2.24) is 0 Å². The van der Waals surface area contributed by atoms with E-state index in [0.29, 0.717) is 5.69 Å². The molecule has 0 aromatic heterocycles. The highest BCUT2D eigenvalue weighted by atomic mass is 16.5. The Labute approximate surface area is 164 Å². The fourth-order valence-electron chi connectivity index (χ4n) is 4.85. The van der Waals surface area contributed by atoms with Gasteiger partial charge in [-0.05, 0) is 44.7 Å². The Hall–Kier alpha value is -2.41. The Morgan fingerprint density at radius 2 is 1.82 bits per heavy atom. The lowest BCUT2D eigenvalue weighted by molar-refractivity contribution is -0.154. The van der Waals surface area contributed by atoms with Crippen LogP contribution in [0.2, 0.25) is 0 Å². The molecule has 7 nitrogen and oxygen atoms in total. The number of hydrogen-bond acceptors (Lipinski definition) is 6. The average Bonchev–Trinajstić information content (AvgIpc) is 3.21. The number of fused-ring (bicyclic) bond motifs is 1. The Morgan fingerprint density at radius 3 is 2.43 bits per heavy atom. The molecule has 2 saturated carbocycles. The number of esters is 2. The number of carbonyl (C=O) groups excluding carboxylic acids is 3. The summed E-state index contributed by atoms with van der Waals surface area (Å²) in [5, 5.41) is 2.93. The number of rotatable bonds is 6. The Bertz CT molecular complexity index is 810. The minimum atomic E-state index is -1.40. The van der Waals surface area contributed by atoms with Crippen LogP contribution in [0.1, 0.15) is 32.8 Å². The Morgan fingerprint density at radius 1 is 1.18 bits per heavy atom. The predicted molar refractivity (Wildman–Crippen MR) is 103 cm³/mol. The largest absolute Gasteiger partial charge is 0.466 e. The maximum Gasteiger partial charge on any atom is 0.326 e. The van der Waals surface area contributed by atoms with E-state index in [1.807, 2.05) is 31.2 Å². The van der Waals surface area contributed by atoms with Gasteiger partial charge in [0.1, 0.15) is 5.54 Å². The molecule has 1 aromatic carbocycles. The molecule has 7 heteroatoms. The van der Waals surface area contributed by atoms with Gasteiger partial charge in [-0.1, -0.05) is 25.1 Å². The zero-order valence-electron chi connectivity index (χ0n) is 16.8. The van der Waals surface area contributed by atoms with Crippen molar-refractivity contribution in [2.45, 2.75) is 39.7 Å². The number of benzene rings is 1. The molecule has 5 atom stereocenters. The van der Waals surface area contributed by atoms with E-state index in [4.69, 9.17) is 15.2 Å². The maximum atomic E-state index is 13.1. The highest BCUT2D eigenvalue weighted by Crippen LogP contribution is 2.74. The van der Waals surface area contributed by atoms with Crippen LogP contribution in [-0.2, 0) is 23.9 Å². The minimum absolute atomic E-state index is 0.140. The number of para-hydroxylation sites is 1. The van der Waals surface area contributed by atoms with E-state index in [1.165, 1.54) is 0 Å². The van der Waals surface area contributed by atoms with Gasteiger partial charge >= 0.3 is 11.9 Å². The van der Waals surface area contributed by atoms with Gasteiger partial charge in [0.2, 0.25) is 5.91 Å². The van der Waals surface area contributed by atoms with E-state index in [2.05, 4.69) is 5.32 Å². The number of ether oxygens (including phenoxy) is 2. The molecule has 0 radical (unpaired) electrons. The lowest BCUT2D eigenvalue weighted by atomic mass is 9.80. The predicted octanol–water partition coefficient (Wildman–Crippen LogP) is 2.03. The Kier molecular flexibility index (Phi) is 5.23. The first-order chi connectivity index (χ1) is 13.2. The van der Waals surface area contributed by atoms with Crippen molar-refractivity contribution >= 4 is 23.5 Å². The van der Waals surface area contributed by atoms with Crippen molar-refractivity contribution in [2.75, 3.05) is 18.5 Å². The summed E-state index contributed by atoms with van der Waals surface area (Å²) >= 11 is 0. The molecule has 2 aliphatic carbocycles. The van der Waals surface area contributed by atoms with Crippen LogP contribution in [0.15, 0.2) is 24.3 Å². The van der Waals surface area contributed by atoms with Gasteiger partial charge in [0.15, 0.2) is 0 Å². The van der Waals surface area contributed by atoms with Crippen molar-refractivity contribution in [2.24, 2.45) is 28.9 Å². The van der Waals surface area contributed by atoms with Crippen LogP contribution in [0.4, 0.5) is 5.69 Å². The van der Waals surface area contributed by atoms with Crippen LogP contribution < -0.4 is 11.1 Å². The van der Waals surface area contributed by atoms with E-state index in [-0.39, 0.29) is 31.5 Å². The summed E-state index contributed by atoms with van der Waals surface area (Å²) in [7, 11) is 0. The topological polar surface area (TPSA) is 108 Å². The van der Waals surface area contributed by atoms with Gasteiger partial charge < -0.3 is 20.5 Å². The molecule has 3 rings (SSSR count). The van der Waals surface area contributed by atoms with E-state index >= 15 is 0 Å². The summed E-state index contributed by atoms with van der Waals surface area (Å²) in [6.45, 7) is 7.53. The van der Waals surface area contributed by atoms with E-state index in [1.54, 1.807) is 20.8 Å². The Balaban J connectivity index is 1.90. The molecule has 152 valence electrons. The number of nitrogens with one attached hydrogen (secondary N) is 1. The van der Waals surface area contributed by atoms with Crippen LogP contribution in [0.3, 0.4) is 0 Å². The highest BCUT2D eigenvalue weighted by Gasteiger charge is 2.83. The molecule has 0 bridgehead atoms. The fourth-order valence-corrected chi connectivity index (χ4v) is 4.85. The normalized spacial score (nSPS) is 33.0. The molecule has 28 heavy (non-hydrogen) atoms. The van der Waals surface area contributed by atoms with E-state index < -0.39 is 34.7 Å². The molecule has 0 heterocycles. The summed E-state index contributed by atoms with van der Waals surface area (Å²) in [6, 6.07) is 7.45. The SMILES string of the molecule is CCOC(=O)C1C2C(C(=O)Nc3ccccc3C)CC(N)(C(=O)OCC)C12C. The lowest BCUT2D eigenvalue weighted by Crippen LogP contribution is -2.56. The van der Waals surface area contributed by atoms with Crippen LogP contribution in [0.5, 0.6) is 0 Å². The smallest absolute Gasteiger partial charge is 0.326 e. The van der Waals surface area contributed by atoms with Crippen LogP contribution in [-0.4, -0.2) is 36.6 Å². The van der Waals surface area contributed by atoms with Crippen LogP contribution in [0, 0.1) is 30.1 Å². The number of hydrogen-bond donors (Lipinski definition) is 2. The monoisotopic (exact) mass is 388 g/mol. The summed E-state index contributed by atoms with van der Waals surface area (Å²) in [4.78, 5) is 38.3. The second-order valence-electron chi connectivity index (χ2n) is 7.84. The lowest BCUT2D eigenvalue weighted by Gasteiger charge is -2.32. The van der Waals surface area contributed by atoms with Gasteiger partial charge in [-0.3, -0.25) is 14.4 Å². The van der Waals surface area contributed by atoms with Crippen molar-refractivity contribution < 1.29 is 23.9 Å². The third kappa shape index (κ3) is 2.89. The number of nitrogens with two attached hydrogens (primary N) is 1. The summed E-state index contributed by atoms with van der Waals surface area (Å²) in [6.07, 6.45) is 0.140. The molecular formula is C21H28N2O5. The van der Waals surface area contributed by atoms with E-state index in [0.717, 1.165) is 5.56 Å². The van der Waals surface area contributed by atoms with Crippen LogP contribution >= 0.6 is 0 Å². The van der Waals surface area contributed by atoms with Crippen molar-refractivity contribution in [1.29, 1.82) is 0 Å². The fraction of sp³-hybridized carbons (Fsp3) is 0.571. The first-order valence-electron chi connectivity index (χ1n) is 9.71. The molecule has 0 aliphatic heterocycles. The zero-order chi connectivity index (χ0) is 20.7. The quantitative estimate of drug-likeness (QED) is 0.722. The molecule has 2 aliphatic rings. The van der Waals surface area contributed by atoms with Gasteiger partial charge in [-0.2, -0.15) is 0 Å². The number of carbonyl (C=O) groups is 3. The van der Waals surface area contributed by atoms with Gasteiger partial charge in [-0.25, -0.2) is 0 Å². The summed E-state index contributed by atoms with van der Waals surface area (Å²) in [5.74, 6) is -2.75. The summed E-state index contributed by atoms with van der Waals surface area (Å²) < 4.78 is 10.4.